The third-order valence-corrected chi connectivity index (χ3v) is 3.16. The number of nitrogens with zero attached hydrogens (tertiary/aromatic N) is 2. The molecule has 0 amide bonds. The number of benzene rings is 1. The minimum atomic E-state index is -0.974. The third-order valence-electron chi connectivity index (χ3n) is 2.90. The molecule has 0 aliphatic carbocycles. The van der Waals surface area contributed by atoms with Crippen molar-refractivity contribution in [2.45, 2.75) is 19.3 Å². The van der Waals surface area contributed by atoms with Crippen molar-refractivity contribution in [2.75, 3.05) is 6.61 Å². The van der Waals surface area contributed by atoms with E-state index in [0.29, 0.717) is 23.9 Å². The van der Waals surface area contributed by atoms with Gasteiger partial charge in [-0.1, -0.05) is 23.7 Å². The van der Waals surface area contributed by atoms with E-state index in [9.17, 15) is 9.90 Å². The monoisotopic (exact) mass is 306 g/mol. The Kier molecular flexibility index (Phi) is 5.11. The molecule has 0 aliphatic rings. The van der Waals surface area contributed by atoms with Crippen molar-refractivity contribution in [3.8, 4) is 5.88 Å². The molecule has 1 unspecified atom stereocenters. The van der Waals surface area contributed by atoms with Crippen molar-refractivity contribution in [2.24, 2.45) is 0 Å². The minimum Gasteiger partial charge on any atom is -0.481 e. The molecule has 1 heterocycles. The van der Waals surface area contributed by atoms with Gasteiger partial charge in [0, 0.05) is 17.3 Å². The fourth-order valence-electron chi connectivity index (χ4n) is 1.90. The molecular weight excluding hydrogens is 292 g/mol. The molecule has 1 atom stereocenters. The van der Waals surface area contributed by atoms with Crippen molar-refractivity contribution < 1.29 is 14.6 Å². The molecule has 0 saturated carbocycles. The van der Waals surface area contributed by atoms with Crippen LogP contribution in [0.3, 0.4) is 0 Å². The lowest BCUT2D eigenvalue weighted by atomic mass is 9.98. The zero-order chi connectivity index (χ0) is 15.2. The van der Waals surface area contributed by atoms with Gasteiger partial charge in [0.2, 0.25) is 5.88 Å². The Balaban J connectivity index is 2.24. The van der Waals surface area contributed by atoms with Crippen LogP contribution in [0, 0.1) is 0 Å². The number of carbonyl (C=O) groups is 1. The SMILES string of the molecule is CCOc1ccnc(C(Cc2ccc(Cl)cc2)C(=O)O)n1. The molecule has 2 aromatic rings. The quantitative estimate of drug-likeness (QED) is 0.888. The van der Waals surface area contributed by atoms with E-state index < -0.39 is 11.9 Å². The molecule has 2 rings (SSSR count). The van der Waals surface area contributed by atoms with Crippen LogP contribution in [0.15, 0.2) is 36.5 Å². The number of ether oxygens (including phenoxy) is 1. The summed E-state index contributed by atoms with van der Waals surface area (Å²) in [6, 6.07) is 8.66. The zero-order valence-corrected chi connectivity index (χ0v) is 12.2. The van der Waals surface area contributed by atoms with E-state index in [1.165, 1.54) is 6.20 Å². The van der Waals surface area contributed by atoms with Gasteiger partial charge in [-0.25, -0.2) is 4.98 Å². The van der Waals surface area contributed by atoms with Gasteiger partial charge in [0.1, 0.15) is 11.7 Å². The van der Waals surface area contributed by atoms with Gasteiger partial charge in [-0.15, -0.1) is 0 Å². The van der Waals surface area contributed by atoms with Gasteiger partial charge >= 0.3 is 5.97 Å². The lowest BCUT2D eigenvalue weighted by molar-refractivity contribution is -0.139. The van der Waals surface area contributed by atoms with Crippen molar-refractivity contribution in [3.63, 3.8) is 0 Å². The highest BCUT2D eigenvalue weighted by Gasteiger charge is 2.23. The molecule has 5 nitrogen and oxygen atoms in total. The van der Waals surface area contributed by atoms with E-state index in [4.69, 9.17) is 16.3 Å². The number of hydrogen-bond donors (Lipinski definition) is 1. The maximum absolute atomic E-state index is 11.5. The minimum absolute atomic E-state index is 0.239. The van der Waals surface area contributed by atoms with Crippen LogP contribution >= 0.6 is 11.6 Å². The fourth-order valence-corrected chi connectivity index (χ4v) is 2.02. The highest BCUT2D eigenvalue weighted by Crippen LogP contribution is 2.21. The van der Waals surface area contributed by atoms with Gasteiger partial charge in [0.15, 0.2) is 0 Å². The summed E-state index contributed by atoms with van der Waals surface area (Å²) in [5.41, 5.74) is 0.859. The van der Waals surface area contributed by atoms with Gasteiger partial charge in [-0.2, -0.15) is 4.98 Å². The van der Waals surface area contributed by atoms with Crippen LogP contribution in [0.1, 0.15) is 24.2 Å². The van der Waals surface area contributed by atoms with Crippen LogP contribution < -0.4 is 4.74 Å². The average molecular weight is 307 g/mol. The number of aromatic nitrogens is 2. The van der Waals surface area contributed by atoms with Crippen LogP contribution in [-0.4, -0.2) is 27.7 Å². The number of aliphatic carboxylic acids is 1. The Morgan fingerprint density at radius 2 is 2.05 bits per heavy atom. The second-order valence-electron chi connectivity index (χ2n) is 4.41. The first-order chi connectivity index (χ1) is 10.1. The van der Waals surface area contributed by atoms with Crippen molar-refractivity contribution in [1.82, 2.24) is 9.97 Å². The first-order valence-electron chi connectivity index (χ1n) is 6.53. The predicted molar refractivity (Wildman–Crippen MR) is 78.7 cm³/mol. The summed E-state index contributed by atoms with van der Waals surface area (Å²) in [4.78, 5) is 19.7. The van der Waals surface area contributed by atoms with E-state index in [2.05, 4.69) is 9.97 Å². The number of hydrogen-bond acceptors (Lipinski definition) is 4. The number of carboxylic acids is 1. The lowest BCUT2D eigenvalue weighted by Gasteiger charge is -2.12. The molecule has 0 fully saturated rings. The summed E-state index contributed by atoms with van der Waals surface area (Å²) in [5.74, 6) is -1.18. The summed E-state index contributed by atoms with van der Waals surface area (Å²) in [5, 5.41) is 10.0. The largest absolute Gasteiger partial charge is 0.481 e. The summed E-state index contributed by atoms with van der Waals surface area (Å²) in [6.45, 7) is 2.30. The summed E-state index contributed by atoms with van der Waals surface area (Å²) in [6.07, 6.45) is 1.80. The smallest absolute Gasteiger partial charge is 0.314 e. The normalized spacial score (nSPS) is 11.9. The highest BCUT2D eigenvalue weighted by molar-refractivity contribution is 6.30. The predicted octanol–water partition coefficient (Wildman–Crippen LogP) is 2.94. The maximum Gasteiger partial charge on any atom is 0.314 e. The zero-order valence-electron chi connectivity index (χ0n) is 11.5. The van der Waals surface area contributed by atoms with Crippen molar-refractivity contribution >= 4 is 17.6 Å². The Morgan fingerprint density at radius 1 is 1.33 bits per heavy atom. The molecule has 0 spiro atoms. The molecule has 6 heteroatoms. The Morgan fingerprint density at radius 3 is 2.67 bits per heavy atom. The molecule has 1 aromatic carbocycles. The van der Waals surface area contributed by atoms with E-state index in [1.807, 2.05) is 6.92 Å². The number of rotatable bonds is 6. The first-order valence-corrected chi connectivity index (χ1v) is 6.91. The lowest BCUT2D eigenvalue weighted by Crippen LogP contribution is -2.17. The van der Waals surface area contributed by atoms with Gasteiger partial charge in [-0.3, -0.25) is 4.79 Å². The van der Waals surface area contributed by atoms with Gasteiger partial charge in [-0.05, 0) is 31.0 Å². The first kappa shape index (κ1) is 15.3. The molecule has 1 N–H and O–H groups in total. The maximum atomic E-state index is 11.5. The highest BCUT2D eigenvalue weighted by atomic mass is 35.5. The Labute approximate surface area is 127 Å². The molecule has 110 valence electrons. The third kappa shape index (κ3) is 4.16. The molecule has 1 aromatic heterocycles. The second kappa shape index (κ2) is 7.04. The van der Waals surface area contributed by atoms with Gasteiger partial charge in [0.25, 0.3) is 0 Å². The van der Waals surface area contributed by atoms with E-state index in [0.717, 1.165) is 5.56 Å². The number of halogens is 1. The van der Waals surface area contributed by atoms with E-state index in [-0.39, 0.29) is 5.82 Å². The van der Waals surface area contributed by atoms with E-state index >= 15 is 0 Å². The topological polar surface area (TPSA) is 72.3 Å². The average Bonchev–Trinajstić information content (AvgIpc) is 2.47. The van der Waals surface area contributed by atoms with Crippen LogP contribution in [0.5, 0.6) is 5.88 Å². The molecule has 0 saturated heterocycles. The summed E-state index contributed by atoms with van der Waals surface area (Å²) < 4.78 is 5.28. The molecule has 0 radical (unpaired) electrons. The Bertz CT molecular complexity index is 617. The molecule has 21 heavy (non-hydrogen) atoms. The van der Waals surface area contributed by atoms with Gasteiger partial charge < -0.3 is 9.84 Å². The van der Waals surface area contributed by atoms with Crippen molar-refractivity contribution in [1.29, 1.82) is 0 Å². The van der Waals surface area contributed by atoms with Crippen LogP contribution in [0.25, 0.3) is 0 Å². The Hall–Kier alpha value is -2.14. The number of carboxylic acid groups (broad SMARTS) is 1. The van der Waals surface area contributed by atoms with E-state index in [1.54, 1.807) is 30.3 Å². The molecule has 0 bridgehead atoms. The second-order valence-corrected chi connectivity index (χ2v) is 4.84. The fraction of sp³-hybridized carbons (Fsp3) is 0.267. The molecule has 0 aliphatic heterocycles. The standard InChI is InChI=1S/C15H15ClN2O3/c1-2-21-13-7-8-17-14(18-13)12(15(19)20)9-10-3-5-11(16)6-4-10/h3-8,12H,2,9H2,1H3,(H,19,20). The summed E-state index contributed by atoms with van der Waals surface area (Å²) in [7, 11) is 0. The molecular formula is C15H15ClN2O3. The summed E-state index contributed by atoms with van der Waals surface area (Å²) >= 11 is 5.83. The van der Waals surface area contributed by atoms with Crippen molar-refractivity contribution in [3.05, 3.63) is 52.9 Å². The van der Waals surface area contributed by atoms with Gasteiger partial charge in [0.05, 0.1) is 6.61 Å². The van der Waals surface area contributed by atoms with Crippen LogP contribution in [0.4, 0.5) is 0 Å². The van der Waals surface area contributed by atoms with Crippen LogP contribution in [0.2, 0.25) is 5.02 Å². The van der Waals surface area contributed by atoms with Crippen LogP contribution in [-0.2, 0) is 11.2 Å².